The Balaban J connectivity index is 1.50. The van der Waals surface area contributed by atoms with Crippen molar-refractivity contribution in [3.63, 3.8) is 0 Å². The number of carbonyl (C=O) groups is 2. The molecule has 0 N–H and O–H groups in total. The molecular formula is C16H15NO3. The van der Waals surface area contributed by atoms with Crippen molar-refractivity contribution in [3.05, 3.63) is 36.3 Å². The summed E-state index contributed by atoms with van der Waals surface area (Å²) in [7, 11) is 0. The number of imide groups is 1. The molecule has 4 nitrogen and oxygen atoms in total. The van der Waals surface area contributed by atoms with Gasteiger partial charge in [-0.2, -0.15) is 0 Å². The third kappa shape index (κ3) is 1.06. The van der Waals surface area contributed by atoms with E-state index in [1.165, 1.54) is 17.7 Å². The molecule has 102 valence electrons. The van der Waals surface area contributed by atoms with Crippen molar-refractivity contribution in [2.75, 3.05) is 0 Å². The summed E-state index contributed by atoms with van der Waals surface area (Å²) in [5, 5.41) is 0. The average molecular weight is 269 g/mol. The van der Waals surface area contributed by atoms with E-state index in [9.17, 15) is 9.59 Å². The third-order valence-electron chi connectivity index (χ3n) is 5.84. The van der Waals surface area contributed by atoms with Crippen LogP contribution in [-0.4, -0.2) is 16.7 Å². The molecule has 2 amide bonds. The average Bonchev–Trinajstić information content (AvgIpc) is 2.73. The first kappa shape index (κ1) is 10.9. The minimum Gasteiger partial charge on any atom is -0.467 e. The molecule has 2 heterocycles. The van der Waals surface area contributed by atoms with E-state index in [2.05, 4.69) is 12.2 Å². The molecule has 1 saturated heterocycles. The van der Waals surface area contributed by atoms with Crippen LogP contribution in [0, 0.1) is 29.1 Å². The van der Waals surface area contributed by atoms with E-state index in [4.69, 9.17) is 4.42 Å². The molecule has 1 spiro atoms. The van der Waals surface area contributed by atoms with Crippen molar-refractivity contribution < 1.29 is 14.0 Å². The minimum absolute atomic E-state index is 0.0134. The van der Waals surface area contributed by atoms with E-state index >= 15 is 0 Å². The first-order valence-corrected chi connectivity index (χ1v) is 7.28. The molecule has 20 heavy (non-hydrogen) atoms. The molecule has 4 aliphatic rings. The summed E-state index contributed by atoms with van der Waals surface area (Å²) in [6.07, 6.45) is 8.33. The van der Waals surface area contributed by atoms with Crippen molar-refractivity contribution in [1.29, 1.82) is 0 Å². The van der Waals surface area contributed by atoms with Gasteiger partial charge < -0.3 is 4.42 Å². The summed E-state index contributed by atoms with van der Waals surface area (Å²) in [6.45, 7) is 0.282. The van der Waals surface area contributed by atoms with E-state index < -0.39 is 0 Å². The third-order valence-corrected chi connectivity index (χ3v) is 5.84. The molecule has 1 aliphatic heterocycles. The highest BCUT2D eigenvalue weighted by Crippen LogP contribution is 2.73. The largest absolute Gasteiger partial charge is 0.467 e. The van der Waals surface area contributed by atoms with Crippen molar-refractivity contribution in [3.8, 4) is 0 Å². The van der Waals surface area contributed by atoms with Gasteiger partial charge in [-0.05, 0) is 42.2 Å². The monoisotopic (exact) mass is 269 g/mol. The lowest BCUT2D eigenvalue weighted by atomic mass is 9.85. The Morgan fingerprint density at radius 1 is 1.15 bits per heavy atom. The summed E-state index contributed by atoms with van der Waals surface area (Å²) < 4.78 is 5.28. The molecule has 2 saturated carbocycles. The molecule has 2 bridgehead atoms. The van der Waals surface area contributed by atoms with Gasteiger partial charge in [0.05, 0.1) is 24.6 Å². The molecular weight excluding hydrogens is 254 g/mol. The summed E-state index contributed by atoms with van der Waals surface area (Å²) in [5.74, 6) is 1.10. The Hall–Kier alpha value is -1.84. The summed E-state index contributed by atoms with van der Waals surface area (Å²) in [6, 6.07) is 3.59. The number of hydrogen-bond donors (Lipinski definition) is 0. The number of hydrogen-bond acceptors (Lipinski definition) is 3. The van der Waals surface area contributed by atoms with E-state index in [1.54, 1.807) is 12.3 Å². The molecule has 4 atom stereocenters. The van der Waals surface area contributed by atoms with Crippen LogP contribution in [0.3, 0.4) is 0 Å². The van der Waals surface area contributed by atoms with Crippen LogP contribution in [0.25, 0.3) is 0 Å². The fourth-order valence-corrected chi connectivity index (χ4v) is 4.85. The summed E-state index contributed by atoms with van der Waals surface area (Å²) >= 11 is 0. The van der Waals surface area contributed by atoms with Gasteiger partial charge >= 0.3 is 0 Å². The Morgan fingerprint density at radius 3 is 2.30 bits per heavy atom. The number of nitrogens with zero attached hydrogens (tertiary/aromatic N) is 1. The van der Waals surface area contributed by atoms with Crippen LogP contribution in [0.2, 0.25) is 0 Å². The van der Waals surface area contributed by atoms with Gasteiger partial charge in [0.15, 0.2) is 0 Å². The highest BCUT2D eigenvalue weighted by atomic mass is 16.3. The number of furan rings is 1. The van der Waals surface area contributed by atoms with Gasteiger partial charge in [-0.1, -0.05) is 12.2 Å². The second-order valence-corrected chi connectivity index (χ2v) is 6.56. The number of rotatable bonds is 2. The Kier molecular flexibility index (Phi) is 1.77. The van der Waals surface area contributed by atoms with Gasteiger partial charge in [0.2, 0.25) is 11.8 Å². The first-order valence-electron chi connectivity index (χ1n) is 7.28. The summed E-state index contributed by atoms with van der Waals surface area (Å²) in [4.78, 5) is 26.7. The second kappa shape index (κ2) is 3.25. The molecule has 1 aromatic heterocycles. The molecule has 5 rings (SSSR count). The van der Waals surface area contributed by atoms with Gasteiger partial charge in [-0.3, -0.25) is 14.5 Å². The van der Waals surface area contributed by atoms with Gasteiger partial charge in [0.1, 0.15) is 5.76 Å². The number of amides is 2. The quantitative estimate of drug-likeness (QED) is 0.609. The van der Waals surface area contributed by atoms with Crippen LogP contribution < -0.4 is 0 Å². The zero-order chi connectivity index (χ0) is 13.5. The van der Waals surface area contributed by atoms with Crippen molar-refractivity contribution >= 4 is 11.8 Å². The molecule has 1 aromatic rings. The Morgan fingerprint density at radius 2 is 1.80 bits per heavy atom. The fraction of sp³-hybridized carbons (Fsp3) is 0.500. The lowest BCUT2D eigenvalue weighted by Crippen LogP contribution is -2.34. The minimum atomic E-state index is -0.102. The van der Waals surface area contributed by atoms with E-state index in [-0.39, 0.29) is 35.6 Å². The second-order valence-electron chi connectivity index (χ2n) is 6.56. The van der Waals surface area contributed by atoms with Gasteiger partial charge in [0, 0.05) is 0 Å². The van der Waals surface area contributed by atoms with E-state index in [1.807, 2.05) is 6.07 Å². The van der Waals surface area contributed by atoms with Crippen molar-refractivity contribution in [1.82, 2.24) is 4.90 Å². The zero-order valence-electron chi connectivity index (χ0n) is 11.0. The predicted octanol–water partition coefficient (Wildman–Crippen LogP) is 1.98. The highest BCUT2D eigenvalue weighted by Gasteiger charge is 2.73. The molecule has 0 aromatic carbocycles. The molecule has 3 fully saturated rings. The van der Waals surface area contributed by atoms with E-state index in [0.29, 0.717) is 17.6 Å². The van der Waals surface area contributed by atoms with Crippen LogP contribution in [0.1, 0.15) is 18.6 Å². The van der Waals surface area contributed by atoms with Crippen LogP contribution in [0.5, 0.6) is 0 Å². The SMILES string of the molecule is O=C1[C@@H]2[C@H](C(=O)N1Cc1ccco1)[C@@H]1C=C[C@@H]2C12CC2. The maximum Gasteiger partial charge on any atom is 0.234 e. The number of allylic oxidation sites excluding steroid dienone is 2. The Labute approximate surface area is 116 Å². The standard InChI is InChI=1S/C16H15NO3/c18-14-12-10-3-4-11(16(10)5-6-16)13(12)15(19)17(14)8-9-2-1-7-20-9/h1-4,7,10-13H,5-6,8H2/t10-,11-,12-,13+/m0/s1. The van der Waals surface area contributed by atoms with Crippen molar-refractivity contribution in [2.45, 2.75) is 19.4 Å². The lowest BCUT2D eigenvalue weighted by Gasteiger charge is -2.20. The summed E-state index contributed by atoms with van der Waals surface area (Å²) in [5.41, 5.74) is 0.275. The number of carbonyl (C=O) groups excluding carboxylic acids is 2. The number of fused-ring (bicyclic) bond motifs is 3. The molecule has 4 heteroatoms. The first-order chi connectivity index (χ1) is 9.72. The molecule has 0 unspecified atom stereocenters. The lowest BCUT2D eigenvalue weighted by molar-refractivity contribution is -0.142. The molecule has 3 aliphatic carbocycles. The van der Waals surface area contributed by atoms with E-state index in [0.717, 1.165) is 0 Å². The van der Waals surface area contributed by atoms with Gasteiger partial charge in [0.25, 0.3) is 0 Å². The van der Waals surface area contributed by atoms with Crippen LogP contribution in [-0.2, 0) is 16.1 Å². The maximum absolute atomic E-state index is 12.7. The fourth-order valence-electron chi connectivity index (χ4n) is 4.85. The van der Waals surface area contributed by atoms with Crippen LogP contribution in [0.4, 0.5) is 0 Å². The topological polar surface area (TPSA) is 50.5 Å². The smallest absolute Gasteiger partial charge is 0.234 e. The van der Waals surface area contributed by atoms with Gasteiger partial charge in [-0.15, -0.1) is 0 Å². The van der Waals surface area contributed by atoms with Crippen LogP contribution >= 0.6 is 0 Å². The normalized spacial score (nSPS) is 39.1. The highest BCUT2D eigenvalue weighted by molar-refractivity contribution is 6.06. The zero-order valence-corrected chi connectivity index (χ0v) is 11.0. The maximum atomic E-state index is 12.7. The van der Waals surface area contributed by atoms with Crippen LogP contribution in [0.15, 0.2) is 35.0 Å². The van der Waals surface area contributed by atoms with Crippen molar-refractivity contribution in [2.24, 2.45) is 29.1 Å². The Bertz CT molecular complexity index is 607. The van der Waals surface area contributed by atoms with Gasteiger partial charge in [-0.25, -0.2) is 0 Å². The number of likely N-dealkylation sites (tertiary alicyclic amines) is 1. The predicted molar refractivity (Wildman–Crippen MR) is 69.0 cm³/mol. The molecule has 0 radical (unpaired) electrons.